The Bertz CT molecular complexity index is 197. The molecule has 1 unspecified atom stereocenters. The van der Waals surface area contributed by atoms with Crippen molar-refractivity contribution in [3.8, 4) is 0 Å². The van der Waals surface area contributed by atoms with Crippen LogP contribution in [0.5, 0.6) is 0 Å². The largest absolute Gasteiger partial charge is 0.382 e. The Morgan fingerprint density at radius 1 is 1.71 bits per heavy atom. The minimum absolute atomic E-state index is 0.162. The molecule has 2 atom stereocenters. The van der Waals surface area contributed by atoms with Gasteiger partial charge in [-0.2, -0.15) is 0 Å². The molecule has 2 N–H and O–H groups in total. The molecule has 4 nitrogen and oxygen atoms in total. The van der Waals surface area contributed by atoms with E-state index in [1.165, 1.54) is 0 Å². The molecule has 1 rings (SSSR count). The lowest BCUT2D eigenvalue weighted by atomic mass is 10.2. The van der Waals surface area contributed by atoms with Gasteiger partial charge in [-0.3, -0.25) is 4.79 Å². The highest BCUT2D eigenvalue weighted by Gasteiger charge is 2.23. The molecule has 14 heavy (non-hydrogen) atoms. The first-order chi connectivity index (χ1) is 6.63. The molecule has 1 aliphatic rings. The van der Waals surface area contributed by atoms with Crippen molar-refractivity contribution in [2.75, 3.05) is 20.2 Å². The molecule has 0 spiro atoms. The Kier molecular flexibility index (Phi) is 4.35. The third-order valence-electron chi connectivity index (χ3n) is 2.74. The van der Waals surface area contributed by atoms with Crippen molar-refractivity contribution in [1.82, 2.24) is 4.90 Å². The number of carbonyl (C=O) groups excluding carboxylic acids is 1. The smallest absolute Gasteiger partial charge is 0.222 e. The molecule has 1 heterocycles. The van der Waals surface area contributed by atoms with Crippen LogP contribution in [0.15, 0.2) is 0 Å². The summed E-state index contributed by atoms with van der Waals surface area (Å²) in [4.78, 5) is 13.5. The van der Waals surface area contributed by atoms with Crippen molar-refractivity contribution in [2.45, 2.75) is 38.3 Å². The van der Waals surface area contributed by atoms with E-state index < -0.39 is 0 Å². The van der Waals surface area contributed by atoms with Gasteiger partial charge in [0.1, 0.15) is 0 Å². The van der Waals surface area contributed by atoms with Gasteiger partial charge in [-0.1, -0.05) is 0 Å². The van der Waals surface area contributed by atoms with E-state index in [1.807, 2.05) is 11.8 Å². The van der Waals surface area contributed by atoms with Crippen molar-refractivity contribution in [3.05, 3.63) is 0 Å². The van der Waals surface area contributed by atoms with Gasteiger partial charge in [0, 0.05) is 32.7 Å². The molecule has 0 aromatic rings. The predicted octanol–water partition coefficient (Wildman–Crippen LogP) is 0.361. The Labute approximate surface area is 85.4 Å². The lowest BCUT2D eigenvalue weighted by Gasteiger charge is -2.16. The van der Waals surface area contributed by atoms with E-state index in [2.05, 4.69) is 0 Å². The molecule has 0 saturated carbocycles. The van der Waals surface area contributed by atoms with Crippen LogP contribution in [0.2, 0.25) is 0 Å². The van der Waals surface area contributed by atoms with E-state index in [0.29, 0.717) is 6.42 Å². The molecule has 1 fully saturated rings. The summed E-state index contributed by atoms with van der Waals surface area (Å²) < 4.78 is 5.09. The van der Waals surface area contributed by atoms with Gasteiger partial charge < -0.3 is 15.4 Å². The monoisotopic (exact) mass is 200 g/mol. The Morgan fingerprint density at radius 2 is 2.43 bits per heavy atom. The zero-order valence-electron chi connectivity index (χ0n) is 9.03. The third kappa shape index (κ3) is 3.27. The van der Waals surface area contributed by atoms with Gasteiger partial charge in [0.15, 0.2) is 0 Å². The van der Waals surface area contributed by atoms with Gasteiger partial charge in [-0.15, -0.1) is 0 Å². The van der Waals surface area contributed by atoms with Crippen LogP contribution in [0.4, 0.5) is 0 Å². The summed E-state index contributed by atoms with van der Waals surface area (Å²) in [5, 5.41) is 0. The molecule has 1 aliphatic heterocycles. The molecule has 1 amide bonds. The average molecular weight is 200 g/mol. The average Bonchev–Trinajstić information content (AvgIpc) is 2.60. The topological polar surface area (TPSA) is 55.6 Å². The molecule has 0 aromatic carbocycles. The first kappa shape index (κ1) is 11.5. The van der Waals surface area contributed by atoms with Crippen molar-refractivity contribution < 1.29 is 9.53 Å². The van der Waals surface area contributed by atoms with E-state index in [-0.39, 0.29) is 18.1 Å². The number of rotatable bonds is 4. The standard InChI is InChI=1S/C10H20N2O2/c1-8(14-2)3-4-10(13)12-6-5-9(11)7-12/h8-9H,3-7,11H2,1-2H3/t8?,9-/m0/s1. The highest BCUT2D eigenvalue weighted by Crippen LogP contribution is 2.10. The summed E-state index contributed by atoms with van der Waals surface area (Å²) in [5.41, 5.74) is 5.73. The number of nitrogens with two attached hydrogens (primary N) is 1. The second-order valence-electron chi connectivity index (χ2n) is 3.97. The number of carbonyl (C=O) groups is 1. The van der Waals surface area contributed by atoms with Gasteiger partial charge in [-0.05, 0) is 19.8 Å². The minimum atomic E-state index is 0.162. The maximum atomic E-state index is 11.6. The second kappa shape index (κ2) is 5.32. The summed E-state index contributed by atoms with van der Waals surface area (Å²) in [5.74, 6) is 0.210. The Balaban J connectivity index is 2.22. The zero-order valence-corrected chi connectivity index (χ0v) is 9.03. The maximum Gasteiger partial charge on any atom is 0.222 e. The summed E-state index contributed by atoms with van der Waals surface area (Å²) in [7, 11) is 1.67. The third-order valence-corrected chi connectivity index (χ3v) is 2.74. The van der Waals surface area contributed by atoms with Gasteiger partial charge in [0.05, 0.1) is 6.10 Å². The molecule has 0 bridgehead atoms. The highest BCUT2D eigenvalue weighted by molar-refractivity contribution is 5.76. The molecule has 82 valence electrons. The van der Waals surface area contributed by atoms with Gasteiger partial charge >= 0.3 is 0 Å². The zero-order chi connectivity index (χ0) is 10.6. The van der Waals surface area contributed by atoms with E-state index in [0.717, 1.165) is 25.9 Å². The minimum Gasteiger partial charge on any atom is -0.382 e. The number of methoxy groups -OCH3 is 1. The SMILES string of the molecule is COC(C)CCC(=O)N1CC[C@H](N)C1. The van der Waals surface area contributed by atoms with Crippen LogP contribution < -0.4 is 5.73 Å². The first-order valence-corrected chi connectivity index (χ1v) is 5.19. The van der Waals surface area contributed by atoms with Crippen LogP contribution in [0.1, 0.15) is 26.2 Å². The molecule has 4 heteroatoms. The van der Waals surface area contributed by atoms with E-state index in [1.54, 1.807) is 7.11 Å². The van der Waals surface area contributed by atoms with Gasteiger partial charge in [-0.25, -0.2) is 0 Å². The maximum absolute atomic E-state index is 11.6. The number of amides is 1. The fraction of sp³-hybridized carbons (Fsp3) is 0.900. The lowest BCUT2D eigenvalue weighted by molar-refractivity contribution is -0.130. The number of likely N-dealkylation sites (tertiary alicyclic amines) is 1. The summed E-state index contributed by atoms with van der Waals surface area (Å²) >= 11 is 0. The van der Waals surface area contributed by atoms with Crippen molar-refractivity contribution in [2.24, 2.45) is 5.73 Å². The van der Waals surface area contributed by atoms with Crippen LogP contribution in [0.25, 0.3) is 0 Å². The van der Waals surface area contributed by atoms with Gasteiger partial charge in [0.2, 0.25) is 5.91 Å². The second-order valence-corrected chi connectivity index (χ2v) is 3.97. The summed E-state index contributed by atoms with van der Waals surface area (Å²) in [6.07, 6.45) is 2.46. The van der Waals surface area contributed by atoms with E-state index in [4.69, 9.17) is 10.5 Å². The van der Waals surface area contributed by atoms with Crippen LogP contribution >= 0.6 is 0 Å². The van der Waals surface area contributed by atoms with Crippen LogP contribution in [0, 0.1) is 0 Å². The highest BCUT2D eigenvalue weighted by atomic mass is 16.5. The fourth-order valence-electron chi connectivity index (χ4n) is 1.62. The molecule has 0 aromatic heterocycles. The van der Waals surface area contributed by atoms with E-state index >= 15 is 0 Å². The van der Waals surface area contributed by atoms with Crippen LogP contribution in [-0.2, 0) is 9.53 Å². The molecular formula is C10H20N2O2. The Morgan fingerprint density at radius 3 is 2.93 bits per heavy atom. The summed E-state index contributed by atoms with van der Waals surface area (Å²) in [6, 6.07) is 0.179. The van der Waals surface area contributed by atoms with Crippen molar-refractivity contribution in [3.63, 3.8) is 0 Å². The lowest BCUT2D eigenvalue weighted by Crippen LogP contribution is -2.32. The first-order valence-electron chi connectivity index (χ1n) is 5.19. The molecular weight excluding hydrogens is 180 g/mol. The number of nitrogens with zero attached hydrogens (tertiary/aromatic N) is 1. The summed E-state index contributed by atoms with van der Waals surface area (Å²) in [6.45, 7) is 3.52. The van der Waals surface area contributed by atoms with Crippen molar-refractivity contribution >= 4 is 5.91 Å². The number of hydrogen-bond acceptors (Lipinski definition) is 3. The quantitative estimate of drug-likeness (QED) is 0.713. The van der Waals surface area contributed by atoms with E-state index in [9.17, 15) is 4.79 Å². The van der Waals surface area contributed by atoms with Crippen molar-refractivity contribution in [1.29, 1.82) is 0 Å². The van der Waals surface area contributed by atoms with Gasteiger partial charge in [0.25, 0.3) is 0 Å². The molecule has 1 saturated heterocycles. The fourth-order valence-corrected chi connectivity index (χ4v) is 1.62. The van der Waals surface area contributed by atoms with Crippen LogP contribution in [0.3, 0.4) is 0 Å². The number of ether oxygens (including phenoxy) is 1. The molecule has 0 aliphatic carbocycles. The molecule has 0 radical (unpaired) electrons. The predicted molar refractivity (Wildman–Crippen MR) is 54.9 cm³/mol. The Hall–Kier alpha value is -0.610. The number of hydrogen-bond donors (Lipinski definition) is 1. The van der Waals surface area contributed by atoms with Crippen LogP contribution in [-0.4, -0.2) is 43.2 Å². The normalized spacial score (nSPS) is 23.9.